The van der Waals surface area contributed by atoms with Crippen LogP contribution >= 0.6 is 0 Å². The van der Waals surface area contributed by atoms with Crippen molar-refractivity contribution >= 4 is 5.69 Å². The predicted octanol–water partition coefficient (Wildman–Crippen LogP) is 2.99. The van der Waals surface area contributed by atoms with Crippen molar-refractivity contribution in [3.8, 4) is 11.8 Å². The lowest BCUT2D eigenvalue weighted by Crippen LogP contribution is -2.08. The molecule has 6 heteroatoms. The fourth-order valence-corrected chi connectivity index (χ4v) is 1.71. The number of anilines is 1. The maximum absolute atomic E-state index is 14.0. The minimum Gasteiger partial charge on any atom is -0.479 e. The number of hydrogen-bond donors (Lipinski definition) is 1. The van der Waals surface area contributed by atoms with E-state index in [0.29, 0.717) is 0 Å². The molecule has 0 spiro atoms. The quantitative estimate of drug-likeness (QED) is 0.914. The molecule has 0 amide bonds. The first-order valence-corrected chi connectivity index (χ1v) is 5.92. The van der Waals surface area contributed by atoms with Gasteiger partial charge in [0.1, 0.15) is 5.69 Å². The second-order valence-electron chi connectivity index (χ2n) is 3.97. The van der Waals surface area contributed by atoms with Crippen LogP contribution in [0.3, 0.4) is 0 Å². The molecule has 1 aromatic carbocycles. The van der Waals surface area contributed by atoms with Gasteiger partial charge in [0.2, 0.25) is 11.6 Å². The van der Waals surface area contributed by atoms with E-state index in [1.54, 1.807) is 0 Å². The molecule has 2 aromatic rings. The zero-order valence-electron chi connectivity index (χ0n) is 11.1. The number of benzene rings is 1. The van der Waals surface area contributed by atoms with Crippen LogP contribution in [0.25, 0.3) is 0 Å². The second kappa shape index (κ2) is 6.18. The number of methoxy groups -OCH3 is 2. The first kappa shape index (κ1) is 14.0. The fourth-order valence-electron chi connectivity index (χ4n) is 1.71. The zero-order valence-corrected chi connectivity index (χ0v) is 11.1. The minimum absolute atomic E-state index is 0.269. The van der Waals surface area contributed by atoms with Gasteiger partial charge in [-0.3, -0.25) is 0 Å². The van der Waals surface area contributed by atoms with Gasteiger partial charge in [0.15, 0.2) is 0 Å². The number of pyridine rings is 1. The maximum atomic E-state index is 14.0. The lowest BCUT2D eigenvalue weighted by atomic mass is 10.2. The highest BCUT2D eigenvalue weighted by Gasteiger charge is 2.21. The molecular weight excluding hydrogens is 266 g/mol. The molecule has 0 saturated heterocycles. The largest absolute Gasteiger partial charge is 0.479 e. The van der Waals surface area contributed by atoms with Gasteiger partial charge in [0, 0.05) is 6.54 Å². The summed E-state index contributed by atoms with van der Waals surface area (Å²) in [5.74, 6) is -2.42. The van der Waals surface area contributed by atoms with E-state index >= 15 is 0 Å². The molecule has 0 aliphatic heterocycles. The van der Waals surface area contributed by atoms with Crippen molar-refractivity contribution in [2.45, 2.75) is 6.54 Å². The summed E-state index contributed by atoms with van der Waals surface area (Å²) in [5.41, 5.74) is 0.568. The average Bonchev–Trinajstić information content (AvgIpc) is 2.48. The summed E-state index contributed by atoms with van der Waals surface area (Å²) in [6.45, 7) is 0.269. The monoisotopic (exact) mass is 280 g/mol. The summed E-state index contributed by atoms with van der Waals surface area (Å²) in [6.07, 6.45) is 0. The van der Waals surface area contributed by atoms with E-state index < -0.39 is 11.6 Å². The maximum Gasteiger partial charge on any atom is 0.255 e. The Kier molecular flexibility index (Phi) is 4.34. The number of halogens is 2. The van der Waals surface area contributed by atoms with Gasteiger partial charge >= 0.3 is 0 Å². The van der Waals surface area contributed by atoms with Gasteiger partial charge in [-0.15, -0.1) is 0 Å². The van der Waals surface area contributed by atoms with Crippen LogP contribution in [-0.4, -0.2) is 19.2 Å². The van der Waals surface area contributed by atoms with E-state index in [0.717, 1.165) is 5.56 Å². The lowest BCUT2D eigenvalue weighted by molar-refractivity contribution is 0.330. The fraction of sp³-hybridized carbons (Fsp3) is 0.214. The molecule has 0 radical (unpaired) electrons. The summed E-state index contributed by atoms with van der Waals surface area (Å²) in [7, 11) is 2.51. The minimum atomic E-state index is -0.887. The van der Waals surface area contributed by atoms with E-state index in [1.165, 1.54) is 14.2 Å². The Morgan fingerprint density at radius 3 is 2.05 bits per heavy atom. The Morgan fingerprint density at radius 2 is 1.55 bits per heavy atom. The molecule has 1 heterocycles. The van der Waals surface area contributed by atoms with Gasteiger partial charge in [-0.2, -0.15) is 13.8 Å². The van der Waals surface area contributed by atoms with E-state index in [1.807, 2.05) is 30.3 Å². The Bertz CT molecular complexity index is 563. The number of aromatic nitrogens is 1. The van der Waals surface area contributed by atoms with Gasteiger partial charge in [-0.05, 0) is 5.56 Å². The molecule has 0 saturated carbocycles. The van der Waals surface area contributed by atoms with E-state index in [9.17, 15) is 8.78 Å². The predicted molar refractivity (Wildman–Crippen MR) is 71.0 cm³/mol. The molecule has 4 nitrogen and oxygen atoms in total. The van der Waals surface area contributed by atoms with Crippen molar-refractivity contribution < 1.29 is 18.3 Å². The van der Waals surface area contributed by atoms with Crippen molar-refractivity contribution in [1.29, 1.82) is 0 Å². The van der Waals surface area contributed by atoms with Crippen LogP contribution in [0.4, 0.5) is 14.5 Å². The van der Waals surface area contributed by atoms with Crippen molar-refractivity contribution in [3.63, 3.8) is 0 Å². The number of nitrogens with zero attached hydrogens (tertiary/aromatic N) is 1. The molecule has 106 valence electrons. The van der Waals surface area contributed by atoms with Crippen molar-refractivity contribution in [1.82, 2.24) is 4.98 Å². The molecule has 0 unspecified atom stereocenters. The van der Waals surface area contributed by atoms with Crippen LogP contribution in [0.5, 0.6) is 11.8 Å². The van der Waals surface area contributed by atoms with Crippen LogP contribution in [0.15, 0.2) is 30.3 Å². The highest BCUT2D eigenvalue weighted by molar-refractivity contribution is 5.53. The number of nitrogens with one attached hydrogen (secondary N) is 1. The molecule has 0 fully saturated rings. The third kappa shape index (κ3) is 2.79. The van der Waals surface area contributed by atoms with Crippen molar-refractivity contribution in [3.05, 3.63) is 47.5 Å². The van der Waals surface area contributed by atoms with Crippen molar-refractivity contribution in [2.24, 2.45) is 0 Å². The standard InChI is InChI=1S/C14H14F2N2O2/c1-19-13-10(15)12(11(16)14(18-13)20-2)17-8-9-6-4-3-5-7-9/h3-7H,8H2,1-2H3,(H,17,18). The first-order chi connectivity index (χ1) is 9.67. The van der Waals surface area contributed by atoms with E-state index in [-0.39, 0.29) is 24.0 Å². The Morgan fingerprint density at radius 1 is 1.00 bits per heavy atom. The Labute approximate surface area is 115 Å². The van der Waals surface area contributed by atoms with Gasteiger partial charge in [0.25, 0.3) is 11.8 Å². The molecule has 20 heavy (non-hydrogen) atoms. The number of ether oxygens (including phenoxy) is 2. The Balaban J connectivity index is 2.30. The van der Waals surface area contributed by atoms with Crippen molar-refractivity contribution in [2.75, 3.05) is 19.5 Å². The molecular formula is C14H14F2N2O2. The molecule has 1 N–H and O–H groups in total. The van der Waals surface area contributed by atoms with Gasteiger partial charge in [-0.25, -0.2) is 0 Å². The molecule has 1 aromatic heterocycles. The van der Waals surface area contributed by atoms with Gasteiger partial charge < -0.3 is 14.8 Å². The van der Waals surface area contributed by atoms with Crippen LogP contribution in [-0.2, 0) is 6.54 Å². The highest BCUT2D eigenvalue weighted by atomic mass is 19.1. The smallest absolute Gasteiger partial charge is 0.255 e. The topological polar surface area (TPSA) is 43.4 Å². The third-order valence-corrected chi connectivity index (χ3v) is 2.72. The normalized spacial score (nSPS) is 10.2. The zero-order chi connectivity index (χ0) is 14.5. The molecule has 0 atom stereocenters. The summed E-state index contributed by atoms with van der Waals surface area (Å²) in [5, 5.41) is 2.70. The van der Waals surface area contributed by atoms with Crippen LogP contribution < -0.4 is 14.8 Å². The highest BCUT2D eigenvalue weighted by Crippen LogP contribution is 2.31. The molecule has 0 aliphatic rings. The van der Waals surface area contributed by atoms with E-state index in [2.05, 4.69) is 10.3 Å². The van der Waals surface area contributed by atoms with Crippen LogP contribution in [0, 0.1) is 11.6 Å². The summed E-state index contributed by atoms with van der Waals surface area (Å²) >= 11 is 0. The summed E-state index contributed by atoms with van der Waals surface area (Å²) in [4.78, 5) is 3.59. The van der Waals surface area contributed by atoms with Gasteiger partial charge in [0.05, 0.1) is 14.2 Å². The molecule has 0 bridgehead atoms. The van der Waals surface area contributed by atoms with E-state index in [4.69, 9.17) is 9.47 Å². The summed E-state index contributed by atoms with van der Waals surface area (Å²) < 4.78 is 37.5. The lowest BCUT2D eigenvalue weighted by Gasteiger charge is -2.13. The SMILES string of the molecule is COc1nc(OC)c(F)c(NCc2ccccc2)c1F. The Hall–Kier alpha value is -2.37. The summed E-state index contributed by atoms with van der Waals surface area (Å²) in [6, 6.07) is 9.25. The molecule has 2 rings (SSSR count). The first-order valence-electron chi connectivity index (χ1n) is 5.92. The molecule has 0 aliphatic carbocycles. The van der Waals surface area contributed by atoms with Crippen LogP contribution in [0.1, 0.15) is 5.56 Å². The average molecular weight is 280 g/mol. The third-order valence-electron chi connectivity index (χ3n) is 2.72. The van der Waals surface area contributed by atoms with Gasteiger partial charge in [-0.1, -0.05) is 30.3 Å². The second-order valence-corrected chi connectivity index (χ2v) is 3.97. The number of hydrogen-bond acceptors (Lipinski definition) is 4. The number of rotatable bonds is 5. The van der Waals surface area contributed by atoms with Crippen LogP contribution in [0.2, 0.25) is 0 Å².